The zero-order valence-electron chi connectivity index (χ0n) is 16.7. The van der Waals surface area contributed by atoms with Crippen molar-refractivity contribution in [2.24, 2.45) is 0 Å². The number of piperidine rings is 1. The fourth-order valence-electron chi connectivity index (χ4n) is 3.49. The van der Waals surface area contributed by atoms with Crippen molar-refractivity contribution < 1.29 is 23.9 Å². The van der Waals surface area contributed by atoms with E-state index < -0.39 is 5.97 Å². The van der Waals surface area contributed by atoms with Gasteiger partial charge in [-0.3, -0.25) is 14.4 Å². The van der Waals surface area contributed by atoms with E-state index in [1.165, 1.54) is 32.0 Å². The van der Waals surface area contributed by atoms with Gasteiger partial charge in [-0.1, -0.05) is 0 Å². The molecule has 1 aliphatic heterocycles. The summed E-state index contributed by atoms with van der Waals surface area (Å²) in [6.45, 7) is 6.30. The zero-order valence-corrected chi connectivity index (χ0v) is 16.7. The maximum absolute atomic E-state index is 12.5. The summed E-state index contributed by atoms with van der Waals surface area (Å²) in [7, 11) is 0. The Morgan fingerprint density at radius 2 is 1.46 bits per heavy atom. The normalized spacial score (nSPS) is 18.9. The van der Waals surface area contributed by atoms with E-state index in [9.17, 15) is 19.2 Å². The lowest BCUT2D eigenvalue weighted by Crippen LogP contribution is -2.49. The molecule has 0 saturated carbocycles. The van der Waals surface area contributed by atoms with Crippen molar-refractivity contribution in [1.82, 2.24) is 4.90 Å². The number of hydrogen-bond acceptors (Lipinski definition) is 5. The fourth-order valence-corrected chi connectivity index (χ4v) is 3.49. The van der Waals surface area contributed by atoms with Crippen LogP contribution in [0.5, 0.6) is 0 Å². The molecule has 0 radical (unpaired) electrons. The molecule has 0 bridgehead atoms. The molecule has 1 aromatic carbocycles. The van der Waals surface area contributed by atoms with Crippen molar-refractivity contribution in [3.05, 3.63) is 23.8 Å². The molecule has 28 heavy (non-hydrogen) atoms. The number of hydrogen-bond donors (Lipinski definition) is 2. The first-order chi connectivity index (χ1) is 13.2. The van der Waals surface area contributed by atoms with Gasteiger partial charge in [0.1, 0.15) is 0 Å². The first-order valence-electron chi connectivity index (χ1n) is 9.36. The number of rotatable bonds is 5. The summed E-state index contributed by atoms with van der Waals surface area (Å²) >= 11 is 0. The van der Waals surface area contributed by atoms with Gasteiger partial charge in [-0.25, -0.2) is 4.79 Å². The largest absolute Gasteiger partial charge is 0.452 e. The molecule has 3 amide bonds. The molecule has 1 saturated heterocycles. The van der Waals surface area contributed by atoms with Crippen LogP contribution in [0.4, 0.5) is 11.4 Å². The minimum absolute atomic E-state index is 0.115. The standard InChI is InChI=1S/C20H27N3O5/c1-12-6-5-7-13(2)23(12)19(26)11-28-20(27)16-8-17(21-14(3)24)10-18(9-16)22-15(4)25/h8-10,12-13H,5-7,11H2,1-4H3,(H,21,24)(H,22,25). The quantitative estimate of drug-likeness (QED) is 0.753. The lowest BCUT2D eigenvalue weighted by Gasteiger charge is -2.38. The summed E-state index contributed by atoms with van der Waals surface area (Å²) in [6.07, 6.45) is 2.94. The van der Waals surface area contributed by atoms with Crippen LogP contribution in [-0.4, -0.2) is 47.3 Å². The van der Waals surface area contributed by atoms with Gasteiger partial charge < -0.3 is 20.3 Å². The van der Waals surface area contributed by atoms with E-state index in [2.05, 4.69) is 10.6 Å². The van der Waals surface area contributed by atoms with Gasteiger partial charge in [-0.15, -0.1) is 0 Å². The molecular weight excluding hydrogens is 362 g/mol. The van der Waals surface area contributed by atoms with E-state index in [-0.39, 0.29) is 42.0 Å². The second-order valence-corrected chi connectivity index (χ2v) is 7.17. The number of amides is 3. The molecule has 1 fully saturated rings. The highest BCUT2D eigenvalue weighted by atomic mass is 16.5. The molecule has 8 nitrogen and oxygen atoms in total. The van der Waals surface area contributed by atoms with E-state index in [4.69, 9.17) is 4.74 Å². The summed E-state index contributed by atoms with van der Waals surface area (Å²) < 4.78 is 5.20. The Labute approximate surface area is 164 Å². The van der Waals surface area contributed by atoms with Crippen LogP contribution in [-0.2, 0) is 19.1 Å². The summed E-state index contributed by atoms with van der Waals surface area (Å²) in [5, 5.41) is 5.14. The average Bonchev–Trinajstić information content (AvgIpc) is 2.58. The Bertz CT molecular complexity index is 733. The van der Waals surface area contributed by atoms with Crippen LogP contribution in [0.25, 0.3) is 0 Å². The Balaban J connectivity index is 2.10. The molecule has 152 valence electrons. The number of nitrogens with one attached hydrogen (secondary N) is 2. The first-order valence-corrected chi connectivity index (χ1v) is 9.36. The van der Waals surface area contributed by atoms with Gasteiger partial charge in [0.05, 0.1) is 5.56 Å². The number of nitrogens with zero attached hydrogens (tertiary/aromatic N) is 1. The second-order valence-electron chi connectivity index (χ2n) is 7.17. The molecule has 2 N–H and O–H groups in total. The first kappa shape index (κ1) is 21.4. The maximum atomic E-state index is 12.5. The van der Waals surface area contributed by atoms with Gasteiger partial charge in [0, 0.05) is 37.3 Å². The van der Waals surface area contributed by atoms with E-state index >= 15 is 0 Å². The van der Waals surface area contributed by atoms with E-state index in [0.29, 0.717) is 11.4 Å². The topological polar surface area (TPSA) is 105 Å². The van der Waals surface area contributed by atoms with Gasteiger partial charge in [0.25, 0.3) is 5.91 Å². The number of ether oxygens (including phenoxy) is 1. The van der Waals surface area contributed by atoms with Crippen molar-refractivity contribution in [2.75, 3.05) is 17.2 Å². The van der Waals surface area contributed by atoms with E-state index in [0.717, 1.165) is 19.3 Å². The Hall–Kier alpha value is -2.90. The third-order valence-corrected chi connectivity index (χ3v) is 4.62. The van der Waals surface area contributed by atoms with Crippen LogP contribution in [0.1, 0.15) is 57.3 Å². The SMILES string of the molecule is CC(=O)Nc1cc(NC(C)=O)cc(C(=O)OCC(=O)N2C(C)CCCC2C)c1. The van der Waals surface area contributed by atoms with Crippen LogP contribution in [0.15, 0.2) is 18.2 Å². The molecule has 1 aromatic rings. The minimum atomic E-state index is -0.704. The monoisotopic (exact) mass is 389 g/mol. The highest BCUT2D eigenvalue weighted by Gasteiger charge is 2.29. The van der Waals surface area contributed by atoms with Crippen LogP contribution in [0.3, 0.4) is 0 Å². The molecule has 2 unspecified atom stereocenters. The third kappa shape index (κ3) is 5.80. The zero-order chi connectivity index (χ0) is 20.8. The van der Waals surface area contributed by atoms with Crippen molar-refractivity contribution in [2.45, 2.75) is 59.0 Å². The summed E-state index contributed by atoms with van der Waals surface area (Å²) in [4.78, 5) is 49.4. The van der Waals surface area contributed by atoms with E-state index in [1.807, 2.05) is 13.8 Å². The molecule has 0 aromatic heterocycles. The Morgan fingerprint density at radius 3 is 1.93 bits per heavy atom. The predicted molar refractivity (Wildman–Crippen MR) is 105 cm³/mol. The van der Waals surface area contributed by atoms with Crippen molar-refractivity contribution in [1.29, 1.82) is 0 Å². The molecule has 2 rings (SSSR count). The molecule has 1 aliphatic rings. The smallest absolute Gasteiger partial charge is 0.338 e. The summed E-state index contributed by atoms with van der Waals surface area (Å²) in [6, 6.07) is 4.63. The van der Waals surface area contributed by atoms with Crippen molar-refractivity contribution in [3.8, 4) is 0 Å². The highest BCUT2D eigenvalue weighted by Crippen LogP contribution is 2.23. The third-order valence-electron chi connectivity index (χ3n) is 4.62. The molecule has 1 heterocycles. The van der Waals surface area contributed by atoms with Crippen molar-refractivity contribution in [3.63, 3.8) is 0 Å². The van der Waals surface area contributed by atoms with Crippen molar-refractivity contribution >= 4 is 35.1 Å². The average molecular weight is 389 g/mol. The number of esters is 1. The predicted octanol–water partition coefficient (Wildman–Crippen LogP) is 2.55. The molecule has 0 spiro atoms. The van der Waals surface area contributed by atoms with Gasteiger partial charge in [0.15, 0.2) is 6.61 Å². The Morgan fingerprint density at radius 1 is 0.964 bits per heavy atom. The number of anilines is 2. The van der Waals surface area contributed by atoms with Crippen LogP contribution in [0.2, 0.25) is 0 Å². The number of likely N-dealkylation sites (tertiary alicyclic amines) is 1. The van der Waals surface area contributed by atoms with Gasteiger partial charge in [0.2, 0.25) is 11.8 Å². The molecule has 0 aliphatic carbocycles. The Kier molecular flexibility index (Phi) is 7.14. The highest BCUT2D eigenvalue weighted by molar-refractivity contribution is 5.98. The van der Waals surface area contributed by atoms with Gasteiger partial charge >= 0.3 is 5.97 Å². The van der Waals surface area contributed by atoms with Crippen LogP contribution in [0, 0.1) is 0 Å². The lowest BCUT2D eigenvalue weighted by molar-refractivity contribution is -0.140. The fraction of sp³-hybridized carbons (Fsp3) is 0.500. The van der Waals surface area contributed by atoms with Gasteiger partial charge in [-0.05, 0) is 51.3 Å². The second kappa shape index (κ2) is 9.34. The molecule has 2 atom stereocenters. The molecule has 8 heteroatoms. The number of benzene rings is 1. The van der Waals surface area contributed by atoms with E-state index in [1.54, 1.807) is 4.90 Å². The van der Waals surface area contributed by atoms with Crippen LogP contribution < -0.4 is 10.6 Å². The molecular formula is C20H27N3O5. The van der Waals surface area contributed by atoms with Gasteiger partial charge in [-0.2, -0.15) is 0 Å². The lowest BCUT2D eigenvalue weighted by atomic mass is 9.97. The number of carbonyl (C=O) groups excluding carboxylic acids is 4. The summed E-state index contributed by atoms with van der Waals surface area (Å²) in [5.74, 6) is -1.57. The number of carbonyl (C=O) groups is 4. The minimum Gasteiger partial charge on any atom is -0.452 e. The van der Waals surface area contributed by atoms with Crippen LogP contribution >= 0.6 is 0 Å². The maximum Gasteiger partial charge on any atom is 0.338 e. The summed E-state index contributed by atoms with van der Waals surface area (Å²) in [5.41, 5.74) is 0.813.